The Kier molecular flexibility index (Phi) is 6.77. The quantitative estimate of drug-likeness (QED) is 0.401. The third-order valence-electron chi connectivity index (χ3n) is 4.28. The van der Waals surface area contributed by atoms with Crippen molar-refractivity contribution in [3.63, 3.8) is 0 Å². The van der Waals surface area contributed by atoms with E-state index in [-0.39, 0.29) is 22.6 Å². The SMILES string of the molecule is COC(=O)c1cccc(NC(=O)C(C)N(c2cc([N+](=O)[O-])ccc2C)S(C)(=O)=O)c1. The monoisotopic (exact) mass is 435 g/mol. The molecule has 11 heteroatoms. The van der Waals surface area contributed by atoms with Gasteiger partial charge in [-0.25, -0.2) is 13.2 Å². The predicted molar refractivity (Wildman–Crippen MR) is 111 cm³/mol. The Labute approximate surface area is 173 Å². The number of amides is 1. The molecule has 0 bridgehead atoms. The molecule has 0 saturated heterocycles. The van der Waals surface area contributed by atoms with Crippen LogP contribution in [0, 0.1) is 17.0 Å². The van der Waals surface area contributed by atoms with Crippen LogP contribution in [0.25, 0.3) is 0 Å². The van der Waals surface area contributed by atoms with Crippen molar-refractivity contribution in [3.8, 4) is 0 Å². The fraction of sp³-hybridized carbons (Fsp3) is 0.263. The molecular weight excluding hydrogens is 414 g/mol. The van der Waals surface area contributed by atoms with Gasteiger partial charge >= 0.3 is 5.97 Å². The molecule has 2 aromatic carbocycles. The van der Waals surface area contributed by atoms with Crippen molar-refractivity contribution in [2.45, 2.75) is 19.9 Å². The molecule has 30 heavy (non-hydrogen) atoms. The van der Waals surface area contributed by atoms with Crippen LogP contribution in [0.15, 0.2) is 42.5 Å². The average Bonchev–Trinajstić information content (AvgIpc) is 2.67. The van der Waals surface area contributed by atoms with Crippen molar-refractivity contribution in [1.82, 2.24) is 0 Å². The number of sulfonamides is 1. The summed E-state index contributed by atoms with van der Waals surface area (Å²) in [5.74, 6) is -1.28. The van der Waals surface area contributed by atoms with Gasteiger partial charge in [0.15, 0.2) is 0 Å². The molecule has 0 aromatic heterocycles. The normalized spacial score (nSPS) is 12.0. The lowest BCUT2D eigenvalue weighted by Crippen LogP contribution is -2.45. The number of benzene rings is 2. The van der Waals surface area contributed by atoms with Gasteiger partial charge in [0.1, 0.15) is 6.04 Å². The van der Waals surface area contributed by atoms with Gasteiger partial charge in [0.05, 0.1) is 29.5 Å². The van der Waals surface area contributed by atoms with E-state index in [1.165, 1.54) is 50.4 Å². The number of aryl methyl sites for hydroxylation is 1. The van der Waals surface area contributed by atoms with Crippen LogP contribution in [0.3, 0.4) is 0 Å². The molecule has 0 aliphatic carbocycles. The number of hydrogen-bond donors (Lipinski definition) is 1. The molecule has 0 radical (unpaired) electrons. The maximum absolute atomic E-state index is 12.8. The molecule has 1 amide bonds. The molecule has 160 valence electrons. The van der Waals surface area contributed by atoms with E-state index in [2.05, 4.69) is 10.1 Å². The number of esters is 1. The van der Waals surface area contributed by atoms with Gasteiger partial charge in [-0.1, -0.05) is 12.1 Å². The van der Waals surface area contributed by atoms with Crippen LogP contribution in [0.4, 0.5) is 17.1 Å². The predicted octanol–water partition coefficient (Wildman–Crippen LogP) is 2.48. The lowest BCUT2D eigenvalue weighted by atomic mass is 10.1. The van der Waals surface area contributed by atoms with Crippen LogP contribution in [0.1, 0.15) is 22.8 Å². The minimum absolute atomic E-state index is 0.0256. The van der Waals surface area contributed by atoms with Crippen molar-refractivity contribution >= 4 is 39.0 Å². The van der Waals surface area contributed by atoms with Crippen LogP contribution in [-0.4, -0.2) is 44.6 Å². The summed E-state index contributed by atoms with van der Waals surface area (Å²) in [5.41, 5.74) is 0.634. The van der Waals surface area contributed by atoms with Gasteiger partial charge in [0.25, 0.3) is 5.69 Å². The molecule has 0 aliphatic rings. The maximum Gasteiger partial charge on any atom is 0.337 e. The third kappa shape index (κ3) is 5.11. The molecule has 0 heterocycles. The fourth-order valence-electron chi connectivity index (χ4n) is 2.82. The van der Waals surface area contributed by atoms with Crippen molar-refractivity contribution < 1.29 is 27.7 Å². The summed E-state index contributed by atoms with van der Waals surface area (Å²) in [6.07, 6.45) is 0.910. The number of non-ortho nitro benzene ring substituents is 1. The molecule has 1 unspecified atom stereocenters. The lowest BCUT2D eigenvalue weighted by Gasteiger charge is -2.29. The first-order valence-corrected chi connectivity index (χ1v) is 10.5. The molecule has 0 saturated carbocycles. The number of nitro groups is 1. The number of ether oxygens (including phenoxy) is 1. The van der Waals surface area contributed by atoms with Gasteiger partial charge in [-0.2, -0.15) is 0 Å². The minimum Gasteiger partial charge on any atom is -0.465 e. The van der Waals surface area contributed by atoms with Crippen molar-refractivity contribution in [2.24, 2.45) is 0 Å². The van der Waals surface area contributed by atoms with E-state index in [0.717, 1.165) is 16.6 Å². The van der Waals surface area contributed by atoms with Gasteiger partial charge in [0.2, 0.25) is 15.9 Å². The third-order valence-corrected chi connectivity index (χ3v) is 5.51. The number of methoxy groups -OCH3 is 1. The Morgan fingerprint density at radius 3 is 2.43 bits per heavy atom. The van der Waals surface area contributed by atoms with Crippen molar-refractivity contribution in [1.29, 1.82) is 0 Å². The number of rotatable bonds is 7. The molecule has 0 spiro atoms. The molecule has 1 N–H and O–H groups in total. The highest BCUT2D eigenvalue weighted by atomic mass is 32.2. The Morgan fingerprint density at radius 1 is 1.20 bits per heavy atom. The van der Waals surface area contributed by atoms with Crippen LogP contribution >= 0.6 is 0 Å². The van der Waals surface area contributed by atoms with E-state index in [0.29, 0.717) is 5.56 Å². The minimum atomic E-state index is -3.97. The zero-order chi connectivity index (χ0) is 22.6. The van der Waals surface area contributed by atoms with Crippen LogP contribution < -0.4 is 9.62 Å². The summed E-state index contributed by atoms with van der Waals surface area (Å²) < 4.78 is 30.4. The zero-order valence-corrected chi connectivity index (χ0v) is 17.6. The first kappa shape index (κ1) is 22.8. The van der Waals surface area contributed by atoms with E-state index in [1.54, 1.807) is 6.92 Å². The first-order valence-electron chi connectivity index (χ1n) is 8.69. The molecular formula is C19H21N3O7S. The first-order chi connectivity index (χ1) is 14.0. The number of nitro benzene ring substituents is 1. The van der Waals surface area contributed by atoms with Crippen LogP contribution in [0.2, 0.25) is 0 Å². The Bertz CT molecular complexity index is 1100. The zero-order valence-electron chi connectivity index (χ0n) is 16.8. The highest BCUT2D eigenvalue weighted by molar-refractivity contribution is 7.92. The van der Waals surface area contributed by atoms with E-state index in [1.807, 2.05) is 0 Å². The van der Waals surface area contributed by atoms with E-state index < -0.39 is 32.9 Å². The van der Waals surface area contributed by atoms with Crippen molar-refractivity contribution in [2.75, 3.05) is 23.0 Å². The Hall–Kier alpha value is -3.47. The van der Waals surface area contributed by atoms with E-state index in [9.17, 15) is 28.1 Å². The highest BCUT2D eigenvalue weighted by Crippen LogP contribution is 2.29. The summed E-state index contributed by atoms with van der Waals surface area (Å²) in [6, 6.07) is 8.49. The largest absolute Gasteiger partial charge is 0.465 e. The molecule has 2 aromatic rings. The Balaban J connectivity index is 2.41. The number of hydrogen-bond acceptors (Lipinski definition) is 7. The summed E-state index contributed by atoms with van der Waals surface area (Å²) in [7, 11) is -2.75. The van der Waals surface area contributed by atoms with Crippen molar-refractivity contribution in [3.05, 3.63) is 63.7 Å². The standard InChI is InChI=1S/C19H21N3O7S/c1-12-8-9-16(22(25)26)11-17(12)21(30(4,27)28)13(2)18(23)20-15-7-5-6-14(10-15)19(24)29-3/h5-11,13H,1-4H3,(H,20,23). The number of nitrogens with one attached hydrogen (secondary N) is 1. The highest BCUT2D eigenvalue weighted by Gasteiger charge is 2.31. The van der Waals surface area contributed by atoms with Gasteiger partial charge in [-0.3, -0.25) is 19.2 Å². The van der Waals surface area contributed by atoms with E-state index in [4.69, 9.17) is 0 Å². The Morgan fingerprint density at radius 2 is 1.87 bits per heavy atom. The number of carbonyl (C=O) groups is 2. The molecule has 10 nitrogen and oxygen atoms in total. The number of anilines is 2. The molecule has 0 aliphatic heterocycles. The molecule has 2 rings (SSSR count). The van der Waals surface area contributed by atoms with E-state index >= 15 is 0 Å². The summed E-state index contributed by atoms with van der Waals surface area (Å²) in [6.45, 7) is 2.94. The smallest absolute Gasteiger partial charge is 0.337 e. The molecule has 1 atom stereocenters. The maximum atomic E-state index is 12.8. The van der Waals surface area contributed by atoms with Crippen LogP contribution in [-0.2, 0) is 19.6 Å². The second-order valence-corrected chi connectivity index (χ2v) is 8.38. The second kappa shape index (κ2) is 8.91. The fourth-order valence-corrected chi connectivity index (χ4v) is 4.04. The molecule has 0 fully saturated rings. The van der Waals surface area contributed by atoms with Gasteiger partial charge in [-0.15, -0.1) is 0 Å². The summed E-state index contributed by atoms with van der Waals surface area (Å²) in [4.78, 5) is 34.9. The number of carbonyl (C=O) groups excluding carboxylic acids is 2. The van der Waals surface area contributed by atoms with Crippen LogP contribution in [0.5, 0.6) is 0 Å². The summed E-state index contributed by atoms with van der Waals surface area (Å²) >= 11 is 0. The van der Waals surface area contributed by atoms with Gasteiger partial charge in [0, 0.05) is 17.8 Å². The average molecular weight is 435 g/mol. The topological polar surface area (TPSA) is 136 Å². The summed E-state index contributed by atoms with van der Waals surface area (Å²) in [5, 5.41) is 13.7. The van der Waals surface area contributed by atoms with Gasteiger partial charge < -0.3 is 10.1 Å². The van der Waals surface area contributed by atoms with Gasteiger partial charge in [-0.05, 0) is 37.6 Å². The number of nitrogens with zero attached hydrogens (tertiary/aromatic N) is 2. The second-order valence-electron chi connectivity index (χ2n) is 6.52. The lowest BCUT2D eigenvalue weighted by molar-refractivity contribution is -0.384.